The third-order valence-electron chi connectivity index (χ3n) is 14.6. The van der Waals surface area contributed by atoms with E-state index in [2.05, 4.69) is 297 Å². The SMILES string of the molecule is Sc1cc2c(cc1N(c1ccccc1)c1ccc(-n3c4ccccc4c4ccccc43)cc1)B1c3ccccc3N(c3ccccc3)c3cc(N(c4ccccc4)c4ccccc4)cc(c31)N2c1ccccc1. The van der Waals surface area contributed by atoms with E-state index in [-0.39, 0.29) is 6.71 Å². The summed E-state index contributed by atoms with van der Waals surface area (Å²) in [5.41, 5.74) is 20.1. The fourth-order valence-corrected chi connectivity index (χ4v) is 11.8. The van der Waals surface area contributed by atoms with E-state index in [0.29, 0.717) is 0 Å². The summed E-state index contributed by atoms with van der Waals surface area (Å²) in [6.45, 7) is -0.130. The summed E-state index contributed by atoms with van der Waals surface area (Å²) < 4.78 is 2.38. The molecule has 0 saturated heterocycles. The van der Waals surface area contributed by atoms with Crippen molar-refractivity contribution >= 4 is 126 Å². The molecule has 1 aromatic heterocycles. The highest BCUT2D eigenvalue weighted by molar-refractivity contribution is 7.80. The van der Waals surface area contributed by atoms with Gasteiger partial charge in [0.25, 0.3) is 6.71 Å². The minimum Gasteiger partial charge on any atom is -0.311 e. The molecule has 3 heterocycles. The first-order valence-electron chi connectivity index (χ1n) is 24.9. The van der Waals surface area contributed by atoms with Crippen molar-refractivity contribution < 1.29 is 0 Å². The average Bonchev–Trinajstić information content (AvgIpc) is 3.79. The van der Waals surface area contributed by atoms with Crippen LogP contribution >= 0.6 is 12.6 Å². The Bertz CT molecular complexity index is 3910. The molecule has 0 amide bonds. The van der Waals surface area contributed by atoms with Gasteiger partial charge in [0, 0.05) is 78.2 Å². The first-order chi connectivity index (χ1) is 36.2. The van der Waals surface area contributed by atoms with Gasteiger partial charge in [-0.2, -0.15) is 0 Å². The van der Waals surface area contributed by atoms with Crippen LogP contribution in [0.4, 0.5) is 68.2 Å². The van der Waals surface area contributed by atoms with Crippen LogP contribution < -0.4 is 36.0 Å². The van der Waals surface area contributed by atoms with Gasteiger partial charge in [0.1, 0.15) is 0 Å². The number of thiol groups is 1. The highest BCUT2D eigenvalue weighted by Gasteiger charge is 2.44. The molecule has 0 spiro atoms. The Balaban J connectivity index is 1.01. The Hall–Kier alpha value is -9.17. The second-order valence-corrected chi connectivity index (χ2v) is 19.2. The Labute approximate surface area is 431 Å². The van der Waals surface area contributed by atoms with Crippen LogP contribution in [0.1, 0.15) is 0 Å². The van der Waals surface area contributed by atoms with Crippen LogP contribution in [0.3, 0.4) is 0 Å². The van der Waals surface area contributed by atoms with Gasteiger partial charge < -0.3 is 24.2 Å². The number of para-hydroxylation sites is 8. The maximum absolute atomic E-state index is 5.51. The molecule has 0 atom stereocenters. The number of anilines is 12. The van der Waals surface area contributed by atoms with E-state index in [4.69, 9.17) is 12.6 Å². The normalized spacial score (nSPS) is 12.4. The van der Waals surface area contributed by atoms with E-state index in [1.807, 2.05) is 0 Å². The van der Waals surface area contributed by atoms with Crippen LogP contribution in [0.2, 0.25) is 0 Å². The Morgan fingerprint density at radius 3 is 1.30 bits per heavy atom. The molecule has 5 nitrogen and oxygen atoms in total. The predicted molar refractivity (Wildman–Crippen MR) is 311 cm³/mol. The van der Waals surface area contributed by atoms with Gasteiger partial charge >= 0.3 is 0 Å². The van der Waals surface area contributed by atoms with E-state index in [9.17, 15) is 0 Å². The summed E-state index contributed by atoms with van der Waals surface area (Å²) in [5.74, 6) is 0. The monoisotopic (exact) mass is 951 g/mol. The zero-order chi connectivity index (χ0) is 48.4. The van der Waals surface area contributed by atoms with Crippen LogP contribution in [0.5, 0.6) is 0 Å². The van der Waals surface area contributed by atoms with Crippen molar-refractivity contribution in [2.75, 3.05) is 19.6 Å². The molecule has 0 fully saturated rings. The van der Waals surface area contributed by atoms with Crippen molar-refractivity contribution in [1.82, 2.24) is 4.57 Å². The lowest BCUT2D eigenvalue weighted by Crippen LogP contribution is -2.61. The summed E-state index contributed by atoms with van der Waals surface area (Å²) in [6, 6.07) is 98.7. The fourth-order valence-electron chi connectivity index (χ4n) is 11.5. The van der Waals surface area contributed by atoms with E-state index >= 15 is 0 Å². The third kappa shape index (κ3) is 7.03. The molecule has 344 valence electrons. The Kier molecular flexibility index (Phi) is 10.3. The van der Waals surface area contributed by atoms with Crippen LogP contribution in [-0.2, 0) is 0 Å². The van der Waals surface area contributed by atoms with Gasteiger partial charge in [-0.25, -0.2) is 0 Å². The molecule has 2 aliphatic rings. The summed E-state index contributed by atoms with van der Waals surface area (Å²) in [5, 5.41) is 2.49. The summed E-state index contributed by atoms with van der Waals surface area (Å²) in [4.78, 5) is 10.6. The number of rotatable bonds is 9. The third-order valence-corrected chi connectivity index (χ3v) is 14.9. The molecule has 7 heteroatoms. The maximum Gasteiger partial charge on any atom is 0.252 e. The van der Waals surface area contributed by atoms with Crippen molar-refractivity contribution in [2.24, 2.45) is 0 Å². The molecule has 0 saturated carbocycles. The summed E-state index contributed by atoms with van der Waals surface area (Å²) in [6.07, 6.45) is 0. The van der Waals surface area contributed by atoms with E-state index < -0.39 is 0 Å². The van der Waals surface area contributed by atoms with Crippen molar-refractivity contribution in [3.8, 4) is 5.69 Å². The molecule has 73 heavy (non-hydrogen) atoms. The smallest absolute Gasteiger partial charge is 0.252 e. The maximum atomic E-state index is 5.51. The molecule has 2 aliphatic heterocycles. The second-order valence-electron chi connectivity index (χ2n) is 18.7. The summed E-state index contributed by atoms with van der Waals surface area (Å²) >= 11 is 5.51. The van der Waals surface area contributed by atoms with Crippen LogP contribution in [0.15, 0.2) is 278 Å². The lowest BCUT2D eigenvalue weighted by molar-refractivity contribution is 1.17. The highest BCUT2D eigenvalue weighted by atomic mass is 32.1. The van der Waals surface area contributed by atoms with Gasteiger partial charge in [0.05, 0.1) is 22.4 Å². The number of fused-ring (bicyclic) bond motifs is 7. The molecule has 14 rings (SSSR count). The number of benzene rings is 11. The predicted octanol–water partition coefficient (Wildman–Crippen LogP) is 16.1. The van der Waals surface area contributed by atoms with Crippen LogP contribution in [0, 0.1) is 0 Å². The number of aromatic nitrogens is 1. The molecule has 0 unspecified atom stereocenters. The standard InChI is InChI=1S/C66H46BN5S/c73-65-45-61-57(44-62(65)69(48-26-10-3-11-27-48)51-38-40-52(41-39-51)70-58-35-19-16-32-54(58)55-33-17-20-36-59(55)70)67-56-34-18-21-37-60(56)71(49-28-12-4-13-29-49)63-42-53(43-64(66(63)67)72(61)50-30-14-5-15-31-50)68(46-22-6-1-7-23-46)47-24-8-2-9-25-47/h1-45,73H. The van der Waals surface area contributed by atoms with Gasteiger partial charge in [-0.05, 0) is 144 Å². The zero-order valence-corrected chi connectivity index (χ0v) is 40.6. The molecule has 0 radical (unpaired) electrons. The molecule has 0 N–H and O–H groups in total. The van der Waals surface area contributed by atoms with Crippen molar-refractivity contribution in [3.63, 3.8) is 0 Å². The number of hydrogen-bond donors (Lipinski definition) is 1. The Morgan fingerprint density at radius 2 is 0.753 bits per heavy atom. The van der Waals surface area contributed by atoms with Crippen molar-refractivity contribution in [2.45, 2.75) is 4.90 Å². The first-order valence-corrected chi connectivity index (χ1v) is 25.3. The summed E-state index contributed by atoms with van der Waals surface area (Å²) in [7, 11) is 0. The van der Waals surface area contributed by atoms with Crippen LogP contribution in [0.25, 0.3) is 27.5 Å². The lowest BCUT2D eigenvalue weighted by atomic mass is 9.33. The molecular formula is C66H46BN5S. The molecular weight excluding hydrogens is 906 g/mol. The van der Waals surface area contributed by atoms with Crippen molar-refractivity contribution in [1.29, 1.82) is 0 Å². The average molecular weight is 952 g/mol. The highest BCUT2D eigenvalue weighted by Crippen LogP contribution is 2.50. The topological polar surface area (TPSA) is 17.9 Å². The Morgan fingerprint density at radius 1 is 0.315 bits per heavy atom. The van der Waals surface area contributed by atoms with E-state index in [1.165, 1.54) is 38.2 Å². The first kappa shape index (κ1) is 42.7. The number of nitrogens with zero attached hydrogens (tertiary/aromatic N) is 5. The molecule has 0 bridgehead atoms. The van der Waals surface area contributed by atoms with Gasteiger partial charge in [0.2, 0.25) is 0 Å². The van der Waals surface area contributed by atoms with E-state index in [1.54, 1.807) is 0 Å². The lowest BCUT2D eigenvalue weighted by Gasteiger charge is -2.45. The largest absolute Gasteiger partial charge is 0.311 e. The van der Waals surface area contributed by atoms with Crippen molar-refractivity contribution in [3.05, 3.63) is 273 Å². The fraction of sp³-hybridized carbons (Fsp3) is 0. The number of hydrogen-bond acceptors (Lipinski definition) is 5. The minimum atomic E-state index is -0.130. The van der Waals surface area contributed by atoms with Crippen LogP contribution in [-0.4, -0.2) is 11.3 Å². The van der Waals surface area contributed by atoms with Gasteiger partial charge in [-0.1, -0.05) is 146 Å². The zero-order valence-electron chi connectivity index (χ0n) is 39.7. The molecule has 12 aromatic rings. The quantitative estimate of drug-likeness (QED) is 0.115. The molecule has 11 aromatic carbocycles. The van der Waals surface area contributed by atoms with Gasteiger partial charge in [-0.15, -0.1) is 12.6 Å². The van der Waals surface area contributed by atoms with E-state index in [0.717, 1.165) is 78.8 Å². The second kappa shape index (κ2) is 17.6. The minimum absolute atomic E-state index is 0.130. The molecule has 0 aliphatic carbocycles. The van der Waals surface area contributed by atoms with Gasteiger partial charge in [-0.3, -0.25) is 0 Å². The van der Waals surface area contributed by atoms with Gasteiger partial charge in [0.15, 0.2) is 0 Å².